The van der Waals surface area contributed by atoms with Crippen LogP contribution < -0.4 is 0 Å². The van der Waals surface area contributed by atoms with Crippen LogP contribution in [0.1, 0.15) is 219 Å². The van der Waals surface area contributed by atoms with Gasteiger partial charge >= 0.3 is 19.5 Å². The maximum atomic E-state index is 12.6. The van der Waals surface area contributed by atoms with E-state index >= 15 is 0 Å². The molecule has 0 saturated heterocycles. The average molecular weight is 796 g/mol. The Bertz CT molecular complexity index is 797. The largest absolute Gasteiger partial charge is 0.462 e. The molecule has 0 aromatic heterocycles. The molecule has 0 fully saturated rings. The highest BCUT2D eigenvalue weighted by atomic mass is 79.9. The van der Waals surface area contributed by atoms with E-state index in [1.54, 1.807) is 0 Å². The van der Waals surface area contributed by atoms with Gasteiger partial charge in [-0.05, 0) is 12.8 Å². The number of hydrogen-bond donors (Lipinski definition) is 1. The van der Waals surface area contributed by atoms with E-state index in [1.807, 2.05) is 0 Å². The Morgan fingerprint density at radius 1 is 0.520 bits per heavy atom. The van der Waals surface area contributed by atoms with E-state index in [4.69, 9.17) is 14.0 Å². The minimum absolute atomic E-state index is 0.0498. The minimum Gasteiger partial charge on any atom is -0.462 e. The molecule has 9 heteroatoms. The second-order valence-electron chi connectivity index (χ2n) is 14.5. The van der Waals surface area contributed by atoms with Crippen molar-refractivity contribution in [1.82, 2.24) is 0 Å². The fourth-order valence-electron chi connectivity index (χ4n) is 6.27. The summed E-state index contributed by atoms with van der Waals surface area (Å²) in [6, 6.07) is 0. The fraction of sp³-hybridized carbons (Fsp3) is 0.951. The molecular weight excluding hydrogens is 715 g/mol. The van der Waals surface area contributed by atoms with Crippen LogP contribution in [0, 0.1) is 0 Å². The van der Waals surface area contributed by atoms with E-state index < -0.39 is 13.7 Å². The fourth-order valence-corrected chi connectivity index (χ4v) is 8.36. The molecule has 0 radical (unpaired) electrons. The molecule has 0 spiro atoms. The number of halogens is 1. The van der Waals surface area contributed by atoms with Crippen molar-refractivity contribution in [3.63, 3.8) is 0 Å². The zero-order chi connectivity index (χ0) is 36.8. The van der Waals surface area contributed by atoms with Crippen molar-refractivity contribution < 1.29 is 33.0 Å². The molecule has 50 heavy (non-hydrogen) atoms. The summed E-state index contributed by atoms with van der Waals surface area (Å²) in [5.41, 5.74) is 0. The van der Waals surface area contributed by atoms with Gasteiger partial charge in [0.25, 0.3) is 0 Å². The standard InChI is InChI=1S/C41H80BrO7P/c1-3-5-7-9-11-13-15-17-19-21-23-25-27-29-31-33-40(43)47-37-39(38-48-50(45,46)36-35-42)49-41(44)34-32-30-28-26-24-22-20-18-16-14-12-10-8-6-4-2/h39H,3-38H2,1-2H3,(H,45,46)/t39-/m1/s1. The topological polar surface area (TPSA) is 99.1 Å². The number of esters is 2. The van der Waals surface area contributed by atoms with Crippen LogP contribution >= 0.6 is 23.5 Å². The molecular formula is C41H80BrO7P. The molecule has 0 rings (SSSR count). The molecule has 0 amide bonds. The second-order valence-corrected chi connectivity index (χ2v) is 17.3. The van der Waals surface area contributed by atoms with Gasteiger partial charge in [0, 0.05) is 18.2 Å². The highest BCUT2D eigenvalue weighted by molar-refractivity contribution is 9.09. The number of ether oxygens (including phenoxy) is 2. The summed E-state index contributed by atoms with van der Waals surface area (Å²) in [5.74, 6) is -0.726. The first-order chi connectivity index (χ1) is 24.3. The van der Waals surface area contributed by atoms with Crippen LogP contribution in [0.3, 0.4) is 0 Å². The van der Waals surface area contributed by atoms with Crippen molar-refractivity contribution >= 4 is 35.5 Å². The smallest absolute Gasteiger partial charge is 0.329 e. The van der Waals surface area contributed by atoms with E-state index in [2.05, 4.69) is 29.8 Å². The van der Waals surface area contributed by atoms with Crippen LogP contribution in [0.15, 0.2) is 0 Å². The number of rotatable bonds is 40. The number of carbonyl (C=O) groups is 2. The predicted octanol–water partition coefficient (Wildman–Crippen LogP) is 13.6. The SMILES string of the molecule is CCCCCCCCCCCCCCCCCC(=O)OC[C@H](COP(=O)(O)CCBr)OC(=O)CCCCCCCCCCCCCCCCC. The van der Waals surface area contributed by atoms with Crippen molar-refractivity contribution in [3.8, 4) is 0 Å². The summed E-state index contributed by atoms with van der Waals surface area (Å²) in [5, 5.41) is 0.318. The molecule has 1 unspecified atom stereocenters. The predicted molar refractivity (Wildman–Crippen MR) is 214 cm³/mol. The maximum absolute atomic E-state index is 12.6. The molecule has 7 nitrogen and oxygen atoms in total. The van der Waals surface area contributed by atoms with Crippen molar-refractivity contribution in [3.05, 3.63) is 0 Å². The van der Waals surface area contributed by atoms with Crippen molar-refractivity contribution in [1.29, 1.82) is 0 Å². The van der Waals surface area contributed by atoms with E-state index in [-0.39, 0.29) is 37.7 Å². The lowest BCUT2D eigenvalue weighted by atomic mass is 10.0. The van der Waals surface area contributed by atoms with E-state index in [0.717, 1.165) is 38.5 Å². The summed E-state index contributed by atoms with van der Waals surface area (Å²) in [7, 11) is -3.82. The number of hydrogen-bond acceptors (Lipinski definition) is 6. The zero-order valence-electron chi connectivity index (χ0n) is 32.8. The minimum atomic E-state index is -3.82. The van der Waals surface area contributed by atoms with Crippen molar-refractivity contribution in [2.24, 2.45) is 0 Å². The highest BCUT2D eigenvalue weighted by Crippen LogP contribution is 2.42. The number of carbonyl (C=O) groups excluding carboxylic acids is 2. The lowest BCUT2D eigenvalue weighted by Crippen LogP contribution is -2.29. The zero-order valence-corrected chi connectivity index (χ0v) is 35.2. The van der Waals surface area contributed by atoms with Crippen molar-refractivity contribution in [2.75, 3.05) is 24.7 Å². The first-order valence-corrected chi connectivity index (χ1v) is 24.1. The van der Waals surface area contributed by atoms with Crippen LogP contribution in [0.5, 0.6) is 0 Å². The Morgan fingerprint density at radius 3 is 1.18 bits per heavy atom. The van der Waals surface area contributed by atoms with Crippen LogP contribution in [0.2, 0.25) is 0 Å². The van der Waals surface area contributed by atoms with Gasteiger partial charge in [-0.25, -0.2) is 0 Å². The Morgan fingerprint density at radius 2 is 0.840 bits per heavy atom. The first-order valence-electron chi connectivity index (χ1n) is 21.2. The Balaban J connectivity index is 4.04. The molecule has 0 aliphatic heterocycles. The molecule has 1 N–H and O–H groups in total. The highest BCUT2D eigenvalue weighted by Gasteiger charge is 2.24. The Kier molecular flexibility index (Phi) is 38.0. The van der Waals surface area contributed by atoms with E-state index in [0.29, 0.717) is 11.8 Å². The van der Waals surface area contributed by atoms with E-state index in [1.165, 1.54) is 154 Å². The van der Waals surface area contributed by atoms with Gasteiger partial charge in [0.05, 0.1) is 12.8 Å². The van der Waals surface area contributed by atoms with Gasteiger partial charge in [0.2, 0.25) is 0 Å². The van der Waals surface area contributed by atoms with Gasteiger partial charge in [0.15, 0.2) is 6.10 Å². The van der Waals surface area contributed by atoms with Crippen LogP contribution in [0.4, 0.5) is 0 Å². The third-order valence-corrected chi connectivity index (χ3v) is 11.9. The monoisotopic (exact) mass is 794 g/mol. The summed E-state index contributed by atoms with van der Waals surface area (Å²) in [6.45, 7) is 4.08. The molecule has 0 aromatic rings. The van der Waals surface area contributed by atoms with Gasteiger partial charge in [-0.1, -0.05) is 210 Å². The van der Waals surface area contributed by atoms with Gasteiger partial charge < -0.3 is 18.9 Å². The molecule has 0 aromatic carbocycles. The normalized spacial score (nSPS) is 13.3. The van der Waals surface area contributed by atoms with Gasteiger partial charge in [-0.15, -0.1) is 0 Å². The van der Waals surface area contributed by atoms with Crippen LogP contribution in [-0.4, -0.2) is 47.6 Å². The van der Waals surface area contributed by atoms with Gasteiger partial charge in [-0.2, -0.15) is 0 Å². The lowest BCUT2D eigenvalue weighted by Gasteiger charge is -2.20. The van der Waals surface area contributed by atoms with Crippen molar-refractivity contribution in [2.45, 2.75) is 225 Å². The van der Waals surface area contributed by atoms with Gasteiger partial charge in [0.1, 0.15) is 6.61 Å². The first kappa shape index (κ1) is 49.6. The average Bonchev–Trinajstić information content (AvgIpc) is 3.09. The molecule has 0 saturated carbocycles. The summed E-state index contributed by atoms with van der Waals surface area (Å²) in [6.07, 6.45) is 37.5. The van der Waals surface area contributed by atoms with Gasteiger partial charge in [-0.3, -0.25) is 14.2 Å². The van der Waals surface area contributed by atoms with E-state index in [9.17, 15) is 19.0 Å². The Labute approximate surface area is 317 Å². The molecule has 2 atom stereocenters. The molecule has 0 aliphatic rings. The molecule has 0 aliphatic carbocycles. The summed E-state index contributed by atoms with van der Waals surface area (Å²) in [4.78, 5) is 34.9. The summed E-state index contributed by atoms with van der Waals surface area (Å²) >= 11 is 3.16. The molecule has 0 bridgehead atoms. The lowest BCUT2D eigenvalue weighted by molar-refractivity contribution is -0.161. The summed E-state index contributed by atoms with van der Waals surface area (Å²) < 4.78 is 28.3. The quantitative estimate of drug-likeness (QED) is 0.0285. The number of unbranched alkanes of at least 4 members (excludes halogenated alkanes) is 28. The third kappa shape index (κ3) is 37.3. The maximum Gasteiger partial charge on any atom is 0.329 e. The second kappa shape index (κ2) is 38.3. The molecule has 0 heterocycles. The Hall–Kier alpha value is -0.430. The number of alkyl halides is 1. The van der Waals surface area contributed by atoms with Crippen LogP contribution in [0.25, 0.3) is 0 Å². The molecule has 298 valence electrons. The van der Waals surface area contributed by atoms with Crippen LogP contribution in [-0.2, 0) is 28.2 Å². The third-order valence-electron chi connectivity index (χ3n) is 9.53.